The van der Waals surface area contributed by atoms with Gasteiger partial charge in [0.15, 0.2) is 0 Å². The van der Waals surface area contributed by atoms with Crippen LogP contribution < -0.4 is 5.32 Å². The molecule has 0 spiro atoms. The summed E-state index contributed by atoms with van der Waals surface area (Å²) < 4.78 is 0. The highest BCUT2D eigenvalue weighted by Crippen LogP contribution is 2.36. The van der Waals surface area contributed by atoms with E-state index in [1.54, 1.807) is 0 Å². The Labute approximate surface area is 118 Å². The van der Waals surface area contributed by atoms with Gasteiger partial charge in [-0.15, -0.1) is 0 Å². The van der Waals surface area contributed by atoms with Gasteiger partial charge in [0, 0.05) is 12.1 Å². The van der Waals surface area contributed by atoms with Crippen molar-refractivity contribution in [3.8, 4) is 0 Å². The lowest BCUT2D eigenvalue weighted by atomic mass is 10.1. The third-order valence-corrected chi connectivity index (χ3v) is 3.81. The van der Waals surface area contributed by atoms with E-state index in [1.165, 1.54) is 0 Å². The number of carbonyl (C=O) groups is 1. The molecule has 0 atom stereocenters. The van der Waals surface area contributed by atoms with E-state index >= 15 is 0 Å². The fourth-order valence-electron chi connectivity index (χ4n) is 1.63. The minimum absolute atomic E-state index is 0.0430. The van der Waals surface area contributed by atoms with Crippen LogP contribution in [0, 0.1) is 10.1 Å². The van der Waals surface area contributed by atoms with Crippen molar-refractivity contribution < 1.29 is 14.8 Å². The number of nitrogens with zero attached hydrogens (tertiary/aromatic N) is 1. The zero-order valence-electron chi connectivity index (χ0n) is 9.65. The number of non-ortho nitro benzene ring substituents is 1. The third-order valence-electron chi connectivity index (χ3n) is 3.00. The Morgan fingerprint density at radius 2 is 2.11 bits per heavy atom. The highest BCUT2D eigenvalue weighted by atomic mass is 35.5. The molecule has 19 heavy (non-hydrogen) atoms. The van der Waals surface area contributed by atoms with Gasteiger partial charge in [-0.05, 0) is 12.8 Å². The molecule has 0 aliphatic heterocycles. The molecule has 1 aliphatic rings. The van der Waals surface area contributed by atoms with Crippen LogP contribution in [0.25, 0.3) is 0 Å². The number of benzene rings is 1. The fraction of sp³-hybridized carbons (Fsp3) is 0.364. The zero-order valence-corrected chi connectivity index (χ0v) is 11.2. The first-order chi connectivity index (χ1) is 8.88. The summed E-state index contributed by atoms with van der Waals surface area (Å²) in [6, 6.07) is 2.15. The summed E-state index contributed by atoms with van der Waals surface area (Å²) in [5, 5.41) is 22.4. The molecule has 0 unspecified atom stereocenters. The first-order valence-electron chi connectivity index (χ1n) is 5.45. The maximum atomic E-state index is 12.0. The Hall–Kier alpha value is -1.37. The number of nitro benzene ring substituents is 1. The molecule has 0 aromatic heterocycles. The predicted molar refractivity (Wildman–Crippen MR) is 69.6 cm³/mol. The van der Waals surface area contributed by atoms with Crippen molar-refractivity contribution >= 4 is 34.8 Å². The fourth-order valence-corrected chi connectivity index (χ4v) is 2.04. The minimum atomic E-state index is -0.655. The Balaban J connectivity index is 2.33. The molecule has 2 rings (SSSR count). The van der Waals surface area contributed by atoms with Crippen LogP contribution in [-0.2, 0) is 0 Å². The Kier molecular flexibility index (Phi) is 3.66. The molecular formula is C11H10Cl2N2O4. The predicted octanol–water partition coefficient (Wildman–Crippen LogP) is 2.16. The molecule has 1 amide bonds. The first-order valence-corrected chi connectivity index (χ1v) is 6.21. The van der Waals surface area contributed by atoms with Crippen LogP contribution in [-0.4, -0.2) is 28.1 Å². The molecule has 0 bridgehead atoms. The van der Waals surface area contributed by atoms with Crippen molar-refractivity contribution in [3.63, 3.8) is 0 Å². The van der Waals surface area contributed by atoms with Crippen LogP contribution in [0.4, 0.5) is 5.69 Å². The molecule has 0 radical (unpaired) electrons. The van der Waals surface area contributed by atoms with Crippen LogP contribution in [0.1, 0.15) is 23.2 Å². The summed E-state index contributed by atoms with van der Waals surface area (Å²) in [6.45, 7) is -0.182. The van der Waals surface area contributed by atoms with Gasteiger partial charge in [0.25, 0.3) is 11.6 Å². The van der Waals surface area contributed by atoms with Crippen molar-refractivity contribution in [1.29, 1.82) is 0 Å². The molecule has 6 nitrogen and oxygen atoms in total. The van der Waals surface area contributed by atoms with Gasteiger partial charge in [-0.25, -0.2) is 0 Å². The number of nitro groups is 1. The number of aliphatic hydroxyl groups is 1. The van der Waals surface area contributed by atoms with E-state index in [-0.39, 0.29) is 27.9 Å². The van der Waals surface area contributed by atoms with E-state index in [0.29, 0.717) is 12.8 Å². The molecule has 2 N–H and O–H groups in total. The summed E-state index contributed by atoms with van der Waals surface area (Å²) >= 11 is 11.6. The maximum Gasteiger partial charge on any atom is 0.271 e. The molecule has 1 fully saturated rings. The molecule has 102 valence electrons. The summed E-state index contributed by atoms with van der Waals surface area (Å²) in [4.78, 5) is 22.1. The van der Waals surface area contributed by atoms with Crippen molar-refractivity contribution in [1.82, 2.24) is 5.32 Å². The van der Waals surface area contributed by atoms with Crippen LogP contribution in [0.15, 0.2) is 12.1 Å². The molecule has 8 heteroatoms. The van der Waals surface area contributed by atoms with Gasteiger partial charge in [0.2, 0.25) is 0 Å². The van der Waals surface area contributed by atoms with E-state index in [2.05, 4.69) is 5.32 Å². The summed E-state index contributed by atoms with van der Waals surface area (Å²) in [5.74, 6) is -0.581. The van der Waals surface area contributed by atoms with Gasteiger partial charge in [0.05, 0.1) is 32.7 Å². The SMILES string of the molecule is O=C(NC1(CO)CC1)c1cc([N+](=O)[O-])cc(Cl)c1Cl. The number of amides is 1. The standard InChI is InChI=1S/C11H10Cl2N2O4/c12-8-4-6(15(18)19)3-7(9(8)13)10(17)14-11(5-16)1-2-11/h3-4,16H,1-2,5H2,(H,14,17). The number of carbonyl (C=O) groups excluding carboxylic acids is 1. The molecule has 1 aliphatic carbocycles. The van der Waals surface area contributed by atoms with Crippen molar-refractivity contribution in [2.24, 2.45) is 0 Å². The smallest absolute Gasteiger partial charge is 0.271 e. The number of aliphatic hydroxyl groups excluding tert-OH is 1. The summed E-state index contributed by atoms with van der Waals surface area (Å²) in [5.41, 5.74) is -1.01. The van der Waals surface area contributed by atoms with E-state index < -0.39 is 16.4 Å². The van der Waals surface area contributed by atoms with E-state index in [4.69, 9.17) is 28.3 Å². The second kappa shape index (κ2) is 4.96. The summed E-state index contributed by atoms with van der Waals surface area (Å²) in [6.07, 6.45) is 1.32. The van der Waals surface area contributed by atoms with E-state index in [9.17, 15) is 14.9 Å². The van der Waals surface area contributed by atoms with Gasteiger partial charge >= 0.3 is 0 Å². The number of nitrogens with one attached hydrogen (secondary N) is 1. The maximum absolute atomic E-state index is 12.0. The average molecular weight is 305 g/mol. The quantitative estimate of drug-likeness (QED) is 0.658. The summed E-state index contributed by atoms with van der Waals surface area (Å²) in [7, 11) is 0. The highest BCUT2D eigenvalue weighted by Gasteiger charge is 2.43. The topological polar surface area (TPSA) is 92.5 Å². The Morgan fingerprint density at radius 1 is 1.47 bits per heavy atom. The number of hydrogen-bond acceptors (Lipinski definition) is 4. The van der Waals surface area contributed by atoms with Crippen LogP contribution in [0.5, 0.6) is 0 Å². The van der Waals surface area contributed by atoms with E-state index in [0.717, 1.165) is 12.1 Å². The number of halogens is 2. The van der Waals surface area contributed by atoms with E-state index in [1.807, 2.05) is 0 Å². The lowest BCUT2D eigenvalue weighted by Crippen LogP contribution is -2.39. The van der Waals surface area contributed by atoms with Gasteiger partial charge < -0.3 is 10.4 Å². The Morgan fingerprint density at radius 3 is 2.58 bits per heavy atom. The zero-order chi connectivity index (χ0) is 14.2. The normalized spacial score (nSPS) is 15.9. The lowest BCUT2D eigenvalue weighted by molar-refractivity contribution is -0.384. The van der Waals surface area contributed by atoms with Crippen LogP contribution >= 0.6 is 23.2 Å². The average Bonchev–Trinajstić information content (AvgIpc) is 3.12. The second-order valence-electron chi connectivity index (χ2n) is 4.44. The molecule has 1 aromatic rings. The molecule has 1 saturated carbocycles. The first kappa shape index (κ1) is 14.0. The molecule has 0 saturated heterocycles. The molecule has 0 heterocycles. The monoisotopic (exact) mass is 304 g/mol. The Bertz CT molecular complexity index is 558. The van der Waals surface area contributed by atoms with Crippen LogP contribution in [0.2, 0.25) is 10.0 Å². The largest absolute Gasteiger partial charge is 0.394 e. The van der Waals surface area contributed by atoms with Crippen LogP contribution in [0.3, 0.4) is 0 Å². The number of hydrogen-bond donors (Lipinski definition) is 2. The van der Waals surface area contributed by atoms with Gasteiger partial charge in [0.1, 0.15) is 0 Å². The molecular weight excluding hydrogens is 295 g/mol. The highest BCUT2D eigenvalue weighted by molar-refractivity contribution is 6.44. The van der Waals surface area contributed by atoms with Gasteiger partial charge in [-0.1, -0.05) is 23.2 Å². The second-order valence-corrected chi connectivity index (χ2v) is 5.22. The van der Waals surface area contributed by atoms with Crippen molar-refractivity contribution in [2.75, 3.05) is 6.61 Å². The van der Waals surface area contributed by atoms with Crippen molar-refractivity contribution in [3.05, 3.63) is 37.9 Å². The van der Waals surface area contributed by atoms with Gasteiger partial charge in [-0.2, -0.15) is 0 Å². The molecule has 1 aromatic carbocycles. The third kappa shape index (κ3) is 2.80. The lowest BCUT2D eigenvalue weighted by Gasteiger charge is -2.15. The van der Waals surface area contributed by atoms with Crippen molar-refractivity contribution in [2.45, 2.75) is 18.4 Å². The van der Waals surface area contributed by atoms with Gasteiger partial charge in [-0.3, -0.25) is 14.9 Å². The number of rotatable bonds is 4. The minimum Gasteiger partial charge on any atom is -0.394 e.